The molecule has 4 rings (SSSR count). The van der Waals surface area contributed by atoms with Crippen LogP contribution in [0.4, 0.5) is 11.4 Å². The molecule has 3 amide bonds. The van der Waals surface area contributed by atoms with Crippen LogP contribution in [0.2, 0.25) is 0 Å². The highest BCUT2D eigenvalue weighted by Gasteiger charge is 2.13. The Morgan fingerprint density at radius 2 is 1.52 bits per heavy atom. The number of nitrogens with one attached hydrogen (secondary N) is 2. The summed E-state index contributed by atoms with van der Waals surface area (Å²) < 4.78 is 5.56. The molecule has 0 unspecified atom stereocenters. The van der Waals surface area contributed by atoms with E-state index in [0.717, 1.165) is 10.9 Å². The van der Waals surface area contributed by atoms with E-state index in [0.29, 0.717) is 28.1 Å². The Balaban J connectivity index is 1.43. The largest absolute Gasteiger partial charge is 0.451 e. The van der Waals surface area contributed by atoms with Crippen molar-refractivity contribution >= 4 is 40.1 Å². The zero-order valence-electron chi connectivity index (χ0n) is 16.6. The molecular weight excluding hydrogens is 394 g/mol. The summed E-state index contributed by atoms with van der Waals surface area (Å²) in [6.07, 6.45) is 0. The number of anilines is 2. The van der Waals surface area contributed by atoms with Crippen molar-refractivity contribution < 1.29 is 18.8 Å². The Hall–Kier alpha value is -4.39. The fourth-order valence-electron chi connectivity index (χ4n) is 3.14. The molecule has 0 saturated heterocycles. The van der Waals surface area contributed by atoms with Crippen LogP contribution in [-0.2, 0) is 0 Å². The van der Waals surface area contributed by atoms with Gasteiger partial charge in [0.15, 0.2) is 5.76 Å². The summed E-state index contributed by atoms with van der Waals surface area (Å²) in [5.41, 5.74) is 8.53. The second-order valence-corrected chi connectivity index (χ2v) is 7.03. The van der Waals surface area contributed by atoms with Gasteiger partial charge in [0, 0.05) is 27.9 Å². The number of fused-ring (bicyclic) bond motifs is 1. The molecule has 31 heavy (non-hydrogen) atoms. The number of rotatable bonds is 5. The molecule has 4 aromatic rings. The van der Waals surface area contributed by atoms with Gasteiger partial charge in [-0.3, -0.25) is 14.4 Å². The molecule has 0 aliphatic heterocycles. The zero-order valence-corrected chi connectivity index (χ0v) is 16.6. The number of hydrogen-bond donors (Lipinski definition) is 3. The van der Waals surface area contributed by atoms with E-state index in [-0.39, 0.29) is 17.6 Å². The number of carbonyl (C=O) groups is 3. The van der Waals surface area contributed by atoms with E-state index in [1.807, 2.05) is 18.2 Å². The van der Waals surface area contributed by atoms with E-state index < -0.39 is 5.91 Å². The number of carbonyl (C=O) groups excluding carboxylic acids is 3. The summed E-state index contributed by atoms with van der Waals surface area (Å²) in [6.45, 7) is 1.78. The van der Waals surface area contributed by atoms with Crippen LogP contribution in [0.1, 0.15) is 36.8 Å². The first-order valence-corrected chi connectivity index (χ1v) is 9.52. The van der Waals surface area contributed by atoms with Crippen molar-refractivity contribution in [1.29, 1.82) is 0 Å². The molecule has 154 valence electrons. The molecule has 0 radical (unpaired) electrons. The van der Waals surface area contributed by atoms with E-state index in [2.05, 4.69) is 10.6 Å². The maximum atomic E-state index is 12.5. The number of furan rings is 1. The van der Waals surface area contributed by atoms with Gasteiger partial charge in [0.1, 0.15) is 5.58 Å². The van der Waals surface area contributed by atoms with Gasteiger partial charge in [-0.05, 0) is 67.1 Å². The SMILES string of the molecule is Cc1cc(C(N)=O)ccc1NC(=O)c1ccc(NC(=O)c2cc3ccccc3o2)cc1. The molecule has 4 N–H and O–H groups in total. The molecule has 3 aromatic carbocycles. The molecule has 7 nitrogen and oxygen atoms in total. The number of aryl methyl sites for hydroxylation is 1. The van der Waals surface area contributed by atoms with E-state index >= 15 is 0 Å². The molecule has 0 spiro atoms. The van der Waals surface area contributed by atoms with Crippen molar-refractivity contribution in [2.24, 2.45) is 5.73 Å². The summed E-state index contributed by atoms with van der Waals surface area (Å²) in [7, 11) is 0. The molecule has 0 aliphatic rings. The van der Waals surface area contributed by atoms with Crippen LogP contribution in [0.3, 0.4) is 0 Å². The number of primary amides is 1. The molecule has 0 bridgehead atoms. The first-order valence-electron chi connectivity index (χ1n) is 9.52. The van der Waals surface area contributed by atoms with Gasteiger partial charge in [-0.2, -0.15) is 0 Å². The minimum absolute atomic E-state index is 0.206. The van der Waals surface area contributed by atoms with Crippen molar-refractivity contribution in [3.05, 3.63) is 95.2 Å². The molecule has 1 aromatic heterocycles. The molecule has 0 saturated carbocycles. The van der Waals surface area contributed by atoms with Crippen LogP contribution in [0.5, 0.6) is 0 Å². The number of benzene rings is 3. The third-order valence-electron chi connectivity index (χ3n) is 4.81. The molecule has 7 heteroatoms. The minimum Gasteiger partial charge on any atom is -0.451 e. The Morgan fingerprint density at radius 1 is 0.806 bits per heavy atom. The summed E-state index contributed by atoms with van der Waals surface area (Å²) >= 11 is 0. The minimum atomic E-state index is -0.527. The summed E-state index contributed by atoms with van der Waals surface area (Å²) in [5, 5.41) is 6.40. The van der Waals surface area contributed by atoms with Gasteiger partial charge in [0.25, 0.3) is 11.8 Å². The maximum absolute atomic E-state index is 12.5. The van der Waals surface area contributed by atoms with Crippen LogP contribution in [0.25, 0.3) is 11.0 Å². The highest BCUT2D eigenvalue weighted by atomic mass is 16.3. The Labute approximate surface area is 177 Å². The first kappa shape index (κ1) is 19.9. The fourth-order valence-corrected chi connectivity index (χ4v) is 3.14. The Bertz CT molecular complexity index is 1270. The summed E-state index contributed by atoms with van der Waals surface area (Å²) in [6, 6.07) is 20.4. The quantitative estimate of drug-likeness (QED) is 0.451. The van der Waals surface area contributed by atoms with Gasteiger partial charge < -0.3 is 20.8 Å². The second-order valence-electron chi connectivity index (χ2n) is 7.03. The predicted octanol–water partition coefficient (Wildman–Crippen LogP) is 4.34. The van der Waals surface area contributed by atoms with Gasteiger partial charge >= 0.3 is 0 Å². The molecule has 1 heterocycles. The number of hydrogen-bond acceptors (Lipinski definition) is 4. The lowest BCUT2D eigenvalue weighted by Crippen LogP contribution is -2.15. The molecule has 0 fully saturated rings. The zero-order chi connectivity index (χ0) is 22.0. The van der Waals surface area contributed by atoms with Crippen molar-refractivity contribution in [1.82, 2.24) is 0 Å². The van der Waals surface area contributed by atoms with Crippen molar-refractivity contribution in [3.8, 4) is 0 Å². The molecule has 0 atom stereocenters. The van der Waals surface area contributed by atoms with Crippen LogP contribution < -0.4 is 16.4 Å². The first-order chi connectivity index (χ1) is 14.9. The van der Waals surface area contributed by atoms with Gasteiger partial charge in [0.2, 0.25) is 5.91 Å². The highest BCUT2D eigenvalue weighted by molar-refractivity contribution is 6.07. The van der Waals surface area contributed by atoms with Gasteiger partial charge in [0.05, 0.1) is 0 Å². The lowest BCUT2D eigenvalue weighted by Gasteiger charge is -2.10. The van der Waals surface area contributed by atoms with Crippen LogP contribution in [0, 0.1) is 6.92 Å². The topological polar surface area (TPSA) is 114 Å². The highest BCUT2D eigenvalue weighted by Crippen LogP contribution is 2.21. The van der Waals surface area contributed by atoms with Gasteiger partial charge in [-0.25, -0.2) is 0 Å². The molecule has 0 aliphatic carbocycles. The van der Waals surface area contributed by atoms with Crippen LogP contribution in [0.15, 0.2) is 77.2 Å². The summed E-state index contributed by atoms with van der Waals surface area (Å²) in [5.74, 6) is -1.01. The van der Waals surface area contributed by atoms with E-state index in [1.54, 1.807) is 61.5 Å². The van der Waals surface area contributed by atoms with Crippen LogP contribution >= 0.6 is 0 Å². The lowest BCUT2D eigenvalue weighted by molar-refractivity contribution is 0.0991. The normalized spacial score (nSPS) is 10.6. The average molecular weight is 413 g/mol. The van der Waals surface area contributed by atoms with Gasteiger partial charge in [-0.1, -0.05) is 18.2 Å². The van der Waals surface area contributed by atoms with Crippen molar-refractivity contribution in [2.75, 3.05) is 10.6 Å². The lowest BCUT2D eigenvalue weighted by atomic mass is 10.1. The number of amides is 3. The van der Waals surface area contributed by atoms with Crippen LogP contribution in [-0.4, -0.2) is 17.7 Å². The predicted molar refractivity (Wildman–Crippen MR) is 118 cm³/mol. The fraction of sp³-hybridized carbons (Fsp3) is 0.0417. The number of para-hydroxylation sites is 1. The van der Waals surface area contributed by atoms with Crippen molar-refractivity contribution in [3.63, 3.8) is 0 Å². The van der Waals surface area contributed by atoms with Gasteiger partial charge in [-0.15, -0.1) is 0 Å². The van der Waals surface area contributed by atoms with Crippen molar-refractivity contribution in [2.45, 2.75) is 6.92 Å². The average Bonchev–Trinajstić information content (AvgIpc) is 3.20. The van der Waals surface area contributed by atoms with E-state index in [4.69, 9.17) is 10.2 Å². The third-order valence-corrected chi connectivity index (χ3v) is 4.81. The maximum Gasteiger partial charge on any atom is 0.291 e. The second kappa shape index (κ2) is 8.16. The summed E-state index contributed by atoms with van der Waals surface area (Å²) in [4.78, 5) is 36.2. The smallest absolute Gasteiger partial charge is 0.291 e. The third kappa shape index (κ3) is 4.30. The Morgan fingerprint density at radius 3 is 2.19 bits per heavy atom. The monoisotopic (exact) mass is 413 g/mol. The standard InChI is InChI=1S/C24H19N3O4/c1-14-12-17(22(25)28)8-11-19(14)27-23(29)15-6-9-18(10-7-15)26-24(30)21-13-16-4-2-3-5-20(16)31-21/h2-13H,1H3,(H2,25,28)(H,26,30)(H,27,29). The number of nitrogens with two attached hydrogens (primary N) is 1. The van der Waals surface area contributed by atoms with E-state index in [1.165, 1.54) is 0 Å². The van der Waals surface area contributed by atoms with E-state index in [9.17, 15) is 14.4 Å². The Kier molecular flexibility index (Phi) is 5.24. The molecular formula is C24H19N3O4.